The van der Waals surface area contributed by atoms with Gasteiger partial charge in [-0.3, -0.25) is 9.69 Å². The highest BCUT2D eigenvalue weighted by Crippen LogP contribution is 2.19. The van der Waals surface area contributed by atoms with Gasteiger partial charge in [0.1, 0.15) is 0 Å². The van der Waals surface area contributed by atoms with E-state index in [4.69, 9.17) is 10.3 Å². The van der Waals surface area contributed by atoms with E-state index in [1.54, 1.807) is 0 Å². The number of benzene rings is 1. The molecule has 2 aromatic rings. The van der Waals surface area contributed by atoms with Gasteiger partial charge in [0.15, 0.2) is 5.76 Å². The number of primary amides is 1. The Kier molecular flexibility index (Phi) is 4.89. The number of carbonyl (C=O) groups excluding carboxylic acids is 1. The van der Waals surface area contributed by atoms with E-state index in [2.05, 4.69) is 10.1 Å². The second-order valence-corrected chi connectivity index (χ2v) is 7.94. The van der Waals surface area contributed by atoms with Crippen molar-refractivity contribution in [2.24, 2.45) is 5.73 Å². The molecule has 2 heterocycles. The standard InChI is InChI=1S/C16H20N4O4S/c1-12-10-14(24-18-12)11-19-6-8-20(9-7-19)25(22,23)15-4-2-13(3-5-15)16(17)21/h2-5,10H,6-9,11H2,1H3,(H2,17,21). The van der Waals surface area contributed by atoms with Crippen molar-refractivity contribution in [3.63, 3.8) is 0 Å². The minimum Gasteiger partial charge on any atom is -0.366 e. The van der Waals surface area contributed by atoms with Gasteiger partial charge < -0.3 is 10.3 Å². The molecule has 1 aliphatic heterocycles. The second-order valence-electron chi connectivity index (χ2n) is 6.00. The molecular formula is C16H20N4O4S. The summed E-state index contributed by atoms with van der Waals surface area (Å²) in [5.74, 6) is 0.191. The van der Waals surface area contributed by atoms with Crippen LogP contribution in [0.1, 0.15) is 21.8 Å². The van der Waals surface area contributed by atoms with E-state index in [0.717, 1.165) is 11.5 Å². The maximum Gasteiger partial charge on any atom is 0.248 e. The number of hydrogen-bond donors (Lipinski definition) is 1. The van der Waals surface area contributed by atoms with E-state index in [1.807, 2.05) is 13.0 Å². The Labute approximate surface area is 146 Å². The van der Waals surface area contributed by atoms with Gasteiger partial charge >= 0.3 is 0 Å². The molecule has 134 valence electrons. The van der Waals surface area contributed by atoms with Gasteiger partial charge in [0.05, 0.1) is 17.1 Å². The second kappa shape index (κ2) is 6.95. The number of nitrogens with zero attached hydrogens (tertiary/aromatic N) is 3. The van der Waals surface area contributed by atoms with Crippen molar-refractivity contribution < 1.29 is 17.7 Å². The maximum absolute atomic E-state index is 12.7. The summed E-state index contributed by atoms with van der Waals surface area (Å²) < 4.78 is 32.1. The molecule has 0 atom stereocenters. The van der Waals surface area contributed by atoms with Crippen molar-refractivity contribution in [1.29, 1.82) is 0 Å². The molecule has 1 aliphatic rings. The van der Waals surface area contributed by atoms with E-state index >= 15 is 0 Å². The molecule has 25 heavy (non-hydrogen) atoms. The Morgan fingerprint density at radius 1 is 1.20 bits per heavy atom. The van der Waals surface area contributed by atoms with Crippen molar-refractivity contribution in [2.75, 3.05) is 26.2 Å². The van der Waals surface area contributed by atoms with Crippen molar-refractivity contribution in [1.82, 2.24) is 14.4 Å². The van der Waals surface area contributed by atoms with E-state index in [1.165, 1.54) is 28.6 Å². The maximum atomic E-state index is 12.7. The Morgan fingerprint density at radius 3 is 2.36 bits per heavy atom. The molecular weight excluding hydrogens is 344 g/mol. The Morgan fingerprint density at radius 2 is 1.84 bits per heavy atom. The number of carbonyl (C=O) groups is 1. The molecule has 0 unspecified atom stereocenters. The summed E-state index contributed by atoms with van der Waals surface area (Å²) in [6.07, 6.45) is 0. The summed E-state index contributed by atoms with van der Waals surface area (Å²) in [5.41, 5.74) is 6.29. The molecule has 1 aromatic carbocycles. The Bertz CT molecular complexity index is 853. The first-order valence-corrected chi connectivity index (χ1v) is 9.35. The first-order chi connectivity index (χ1) is 11.9. The average Bonchev–Trinajstić information content (AvgIpc) is 3.00. The molecule has 8 nitrogen and oxygen atoms in total. The molecule has 1 fully saturated rings. The highest BCUT2D eigenvalue weighted by molar-refractivity contribution is 7.89. The quantitative estimate of drug-likeness (QED) is 0.831. The summed E-state index contributed by atoms with van der Waals surface area (Å²) in [7, 11) is -3.58. The number of nitrogens with two attached hydrogens (primary N) is 1. The zero-order valence-electron chi connectivity index (χ0n) is 13.9. The van der Waals surface area contributed by atoms with Crippen molar-refractivity contribution >= 4 is 15.9 Å². The lowest BCUT2D eigenvalue weighted by Gasteiger charge is -2.33. The third-order valence-electron chi connectivity index (χ3n) is 4.16. The highest BCUT2D eigenvalue weighted by Gasteiger charge is 2.28. The lowest BCUT2D eigenvalue weighted by molar-refractivity contribution is 0.1000. The van der Waals surface area contributed by atoms with Crippen LogP contribution >= 0.6 is 0 Å². The van der Waals surface area contributed by atoms with E-state index in [9.17, 15) is 13.2 Å². The fourth-order valence-electron chi connectivity index (χ4n) is 2.78. The third-order valence-corrected chi connectivity index (χ3v) is 6.08. The van der Waals surface area contributed by atoms with Crippen LogP contribution in [-0.2, 0) is 16.6 Å². The monoisotopic (exact) mass is 364 g/mol. The van der Waals surface area contributed by atoms with Crippen molar-refractivity contribution in [3.05, 3.63) is 47.3 Å². The molecule has 0 saturated carbocycles. The molecule has 2 N–H and O–H groups in total. The highest BCUT2D eigenvalue weighted by atomic mass is 32.2. The van der Waals surface area contributed by atoms with Crippen molar-refractivity contribution in [2.45, 2.75) is 18.4 Å². The molecule has 0 spiro atoms. The first kappa shape index (κ1) is 17.6. The molecule has 0 radical (unpaired) electrons. The number of hydrogen-bond acceptors (Lipinski definition) is 6. The van der Waals surface area contributed by atoms with Crippen LogP contribution in [0.5, 0.6) is 0 Å². The van der Waals surface area contributed by atoms with Gasteiger partial charge in [0.25, 0.3) is 0 Å². The number of aryl methyl sites for hydroxylation is 1. The van der Waals surface area contributed by atoms with Gasteiger partial charge in [0, 0.05) is 37.8 Å². The molecule has 0 bridgehead atoms. The van der Waals surface area contributed by atoms with E-state index in [0.29, 0.717) is 32.7 Å². The third kappa shape index (κ3) is 3.89. The molecule has 9 heteroatoms. The van der Waals surface area contributed by atoms with E-state index < -0.39 is 15.9 Å². The zero-order chi connectivity index (χ0) is 18.0. The van der Waals surface area contributed by atoms with Gasteiger partial charge in [-0.15, -0.1) is 0 Å². The topological polar surface area (TPSA) is 110 Å². The van der Waals surface area contributed by atoms with Gasteiger partial charge in [-0.25, -0.2) is 8.42 Å². The number of piperazine rings is 1. The Balaban J connectivity index is 1.63. The predicted molar refractivity (Wildman–Crippen MR) is 90.2 cm³/mol. The molecule has 1 saturated heterocycles. The van der Waals surface area contributed by atoms with Crippen LogP contribution in [0.25, 0.3) is 0 Å². The minimum atomic E-state index is -3.58. The SMILES string of the molecule is Cc1cc(CN2CCN(S(=O)(=O)c3ccc(C(N)=O)cc3)CC2)on1. The Hall–Kier alpha value is -2.23. The molecule has 0 aliphatic carbocycles. The summed E-state index contributed by atoms with van der Waals surface area (Å²) in [6, 6.07) is 7.57. The lowest BCUT2D eigenvalue weighted by atomic mass is 10.2. The largest absolute Gasteiger partial charge is 0.366 e. The fraction of sp³-hybridized carbons (Fsp3) is 0.375. The van der Waals surface area contributed by atoms with Crippen LogP contribution in [0.2, 0.25) is 0 Å². The summed E-state index contributed by atoms with van der Waals surface area (Å²) in [4.78, 5) is 13.4. The van der Waals surface area contributed by atoms with Crippen LogP contribution in [0.4, 0.5) is 0 Å². The summed E-state index contributed by atoms with van der Waals surface area (Å²) in [5, 5.41) is 3.85. The van der Waals surface area contributed by atoms with Crippen LogP contribution in [0.3, 0.4) is 0 Å². The van der Waals surface area contributed by atoms with Crippen LogP contribution < -0.4 is 5.73 Å². The van der Waals surface area contributed by atoms with Crippen LogP contribution in [0, 0.1) is 6.92 Å². The summed E-state index contributed by atoms with van der Waals surface area (Å²) in [6.45, 7) is 4.49. The summed E-state index contributed by atoms with van der Waals surface area (Å²) >= 11 is 0. The zero-order valence-corrected chi connectivity index (χ0v) is 14.7. The number of sulfonamides is 1. The fourth-order valence-corrected chi connectivity index (χ4v) is 4.20. The molecule has 3 rings (SSSR count). The van der Waals surface area contributed by atoms with Gasteiger partial charge in [-0.05, 0) is 31.2 Å². The smallest absolute Gasteiger partial charge is 0.248 e. The predicted octanol–water partition coefficient (Wildman–Crippen LogP) is 0.588. The van der Waals surface area contributed by atoms with E-state index in [-0.39, 0.29) is 10.5 Å². The number of amides is 1. The van der Waals surface area contributed by atoms with Crippen LogP contribution in [0.15, 0.2) is 39.8 Å². The minimum absolute atomic E-state index is 0.164. The number of rotatable bonds is 5. The lowest BCUT2D eigenvalue weighted by Crippen LogP contribution is -2.48. The normalized spacial score (nSPS) is 16.8. The van der Waals surface area contributed by atoms with Gasteiger partial charge in [0.2, 0.25) is 15.9 Å². The average molecular weight is 364 g/mol. The number of aromatic nitrogens is 1. The first-order valence-electron chi connectivity index (χ1n) is 7.91. The van der Waals surface area contributed by atoms with Gasteiger partial charge in [-0.1, -0.05) is 5.16 Å². The molecule has 1 amide bonds. The van der Waals surface area contributed by atoms with Crippen LogP contribution in [-0.4, -0.2) is 54.9 Å². The molecule has 1 aromatic heterocycles. The van der Waals surface area contributed by atoms with Crippen molar-refractivity contribution in [3.8, 4) is 0 Å². The van der Waals surface area contributed by atoms with Gasteiger partial charge in [-0.2, -0.15) is 4.31 Å².